The number of phosphoric acid groups is 1. The number of hydrogen-bond donors (Lipinski definition) is 2. The number of aliphatic hydroxyl groups excluding tert-OH is 1. The molecule has 0 aliphatic rings. The summed E-state index contributed by atoms with van der Waals surface area (Å²) in [5.74, 6) is -1.51. The first-order valence-electron chi connectivity index (χ1n) is 30.5. The van der Waals surface area contributed by atoms with Crippen LogP contribution in [0.4, 0.5) is 0 Å². The molecule has 0 aliphatic heterocycles. The molecule has 0 aliphatic carbocycles. The first kappa shape index (κ1) is 72.7. The van der Waals surface area contributed by atoms with Crippen LogP contribution in [0.3, 0.4) is 0 Å². The van der Waals surface area contributed by atoms with Crippen molar-refractivity contribution in [1.29, 1.82) is 0 Å². The molecule has 76 heavy (non-hydrogen) atoms. The van der Waals surface area contributed by atoms with E-state index in [1.165, 1.54) is 89.9 Å². The Morgan fingerprint density at radius 1 is 0.382 bits per heavy atom. The lowest BCUT2D eigenvalue weighted by Gasteiger charge is -2.21. The first-order valence-corrected chi connectivity index (χ1v) is 32.0. The van der Waals surface area contributed by atoms with Gasteiger partial charge in [0.15, 0.2) is 6.10 Å². The Labute approximate surface area is 464 Å². The van der Waals surface area contributed by atoms with Gasteiger partial charge in [0.2, 0.25) is 0 Å². The molecule has 0 aromatic heterocycles. The fourth-order valence-corrected chi connectivity index (χ4v) is 8.92. The largest absolute Gasteiger partial charge is 0.472 e. The van der Waals surface area contributed by atoms with Gasteiger partial charge in [0.1, 0.15) is 12.7 Å². The molecule has 0 heterocycles. The van der Waals surface area contributed by atoms with Gasteiger partial charge in [-0.3, -0.25) is 23.4 Å². The van der Waals surface area contributed by atoms with Gasteiger partial charge in [-0.1, -0.05) is 215 Å². The van der Waals surface area contributed by atoms with Crippen molar-refractivity contribution in [2.45, 2.75) is 277 Å². The number of allylic oxidation sites excluding steroid dienone is 14. The third-order valence-corrected chi connectivity index (χ3v) is 13.7. The topological polar surface area (TPSA) is 155 Å². The van der Waals surface area contributed by atoms with Crippen molar-refractivity contribution in [2.75, 3.05) is 26.4 Å². The molecule has 2 N–H and O–H groups in total. The number of carbonyl (C=O) groups excluding carboxylic acids is 3. The Bertz CT molecular complexity index is 1600. The highest BCUT2D eigenvalue weighted by atomic mass is 31.2. The standard InChI is InChI=1S/C64H111O11P/c1-4-7-10-13-16-19-22-25-27-29-30-32-34-37-40-43-46-49-52-55-64(68)75-61(57-71-62(66)53-50-47-44-41-38-36-33-31-28-26-23-20-17-14-11-8-5-2)59-73-76(69,70)72-58-60(56-65)74-63(67)54-51-48-45-42-39-35-24-21-18-15-12-9-6-3/h7,10,16,19,21,24-28,30,32,37,40,60-61,65H,4-6,8-9,11-15,17-18,20,22-23,29,31,33-36,38-39,41-59H2,1-3H3,(H,69,70)/b10-7-,19-16-,24-21-,27-25-,28-26-,32-30-,40-37-. The van der Waals surface area contributed by atoms with Crippen molar-refractivity contribution < 1.29 is 52.2 Å². The van der Waals surface area contributed by atoms with Crippen molar-refractivity contribution in [3.05, 3.63) is 85.1 Å². The number of rotatable bonds is 56. The smallest absolute Gasteiger partial charge is 0.462 e. The number of aliphatic hydroxyl groups is 1. The quantitative estimate of drug-likeness (QED) is 0.0197. The highest BCUT2D eigenvalue weighted by Crippen LogP contribution is 2.43. The summed E-state index contributed by atoms with van der Waals surface area (Å²) in [6, 6.07) is 0. The van der Waals surface area contributed by atoms with Crippen molar-refractivity contribution in [2.24, 2.45) is 0 Å². The van der Waals surface area contributed by atoms with Crippen molar-refractivity contribution >= 4 is 25.7 Å². The van der Waals surface area contributed by atoms with E-state index in [4.69, 9.17) is 23.3 Å². The molecule has 438 valence electrons. The van der Waals surface area contributed by atoms with Gasteiger partial charge in [-0.25, -0.2) is 4.57 Å². The van der Waals surface area contributed by atoms with E-state index in [9.17, 15) is 28.9 Å². The van der Waals surface area contributed by atoms with Gasteiger partial charge >= 0.3 is 25.7 Å². The van der Waals surface area contributed by atoms with E-state index in [1.807, 2.05) is 0 Å². The number of unbranched alkanes of at least 4 members (excludes halogenated alkanes) is 25. The maximum absolute atomic E-state index is 12.9. The predicted molar refractivity (Wildman–Crippen MR) is 316 cm³/mol. The zero-order valence-corrected chi connectivity index (χ0v) is 49.3. The van der Waals surface area contributed by atoms with Gasteiger partial charge in [-0.05, 0) is 116 Å². The Morgan fingerprint density at radius 3 is 1.09 bits per heavy atom. The predicted octanol–water partition coefficient (Wildman–Crippen LogP) is 18.3. The normalized spacial score (nSPS) is 13.9. The van der Waals surface area contributed by atoms with Crippen LogP contribution in [0, 0.1) is 0 Å². The van der Waals surface area contributed by atoms with Crippen LogP contribution in [-0.4, -0.2) is 66.5 Å². The molecule has 0 aromatic carbocycles. The molecule has 0 spiro atoms. The molecule has 0 radical (unpaired) electrons. The second-order valence-corrected chi connectivity index (χ2v) is 21.6. The van der Waals surface area contributed by atoms with Crippen LogP contribution in [0.2, 0.25) is 0 Å². The zero-order valence-electron chi connectivity index (χ0n) is 48.5. The summed E-state index contributed by atoms with van der Waals surface area (Å²) in [5, 5.41) is 9.82. The average Bonchev–Trinajstić information content (AvgIpc) is 3.41. The minimum Gasteiger partial charge on any atom is -0.462 e. The van der Waals surface area contributed by atoms with Crippen LogP contribution in [0.1, 0.15) is 265 Å². The van der Waals surface area contributed by atoms with Gasteiger partial charge in [-0.15, -0.1) is 0 Å². The number of ether oxygens (including phenoxy) is 3. The Balaban J connectivity index is 4.79. The van der Waals surface area contributed by atoms with Gasteiger partial charge in [0.25, 0.3) is 0 Å². The molecule has 11 nitrogen and oxygen atoms in total. The number of carbonyl (C=O) groups is 3. The summed E-state index contributed by atoms with van der Waals surface area (Å²) >= 11 is 0. The van der Waals surface area contributed by atoms with Gasteiger partial charge in [-0.2, -0.15) is 0 Å². The monoisotopic (exact) mass is 1090 g/mol. The zero-order chi connectivity index (χ0) is 55.5. The molecule has 0 rings (SSSR count). The first-order chi connectivity index (χ1) is 37.2. The summed E-state index contributed by atoms with van der Waals surface area (Å²) < 4.78 is 39.6. The van der Waals surface area contributed by atoms with Gasteiger partial charge < -0.3 is 24.2 Å². The number of esters is 3. The number of hydrogen-bond acceptors (Lipinski definition) is 10. The minimum absolute atomic E-state index is 0.125. The molecular weight excluding hydrogens is 976 g/mol. The summed E-state index contributed by atoms with van der Waals surface area (Å²) in [4.78, 5) is 48.6. The van der Waals surface area contributed by atoms with Gasteiger partial charge in [0.05, 0.1) is 19.8 Å². The Morgan fingerprint density at radius 2 is 0.684 bits per heavy atom. The molecule has 0 aromatic rings. The number of phosphoric ester groups is 1. The maximum atomic E-state index is 12.9. The Kier molecular flexibility index (Phi) is 55.3. The summed E-state index contributed by atoms with van der Waals surface area (Å²) in [7, 11) is -4.76. The van der Waals surface area contributed by atoms with Crippen LogP contribution in [-0.2, 0) is 42.2 Å². The fourth-order valence-electron chi connectivity index (χ4n) is 8.14. The molecule has 3 atom stereocenters. The molecule has 0 bridgehead atoms. The summed E-state index contributed by atoms with van der Waals surface area (Å²) in [6.45, 7) is 4.48. The average molecular weight is 1090 g/mol. The van der Waals surface area contributed by atoms with E-state index >= 15 is 0 Å². The summed E-state index contributed by atoms with van der Waals surface area (Å²) in [6.07, 6.45) is 66.8. The van der Waals surface area contributed by atoms with E-state index in [0.29, 0.717) is 19.3 Å². The van der Waals surface area contributed by atoms with E-state index in [2.05, 4.69) is 106 Å². The molecular formula is C64H111O11P. The van der Waals surface area contributed by atoms with Crippen LogP contribution in [0.25, 0.3) is 0 Å². The van der Waals surface area contributed by atoms with E-state index < -0.39 is 57.8 Å². The highest BCUT2D eigenvalue weighted by molar-refractivity contribution is 7.47. The lowest BCUT2D eigenvalue weighted by molar-refractivity contribution is -0.161. The van der Waals surface area contributed by atoms with Crippen molar-refractivity contribution in [3.8, 4) is 0 Å². The van der Waals surface area contributed by atoms with Crippen LogP contribution < -0.4 is 0 Å². The second kappa shape index (κ2) is 57.8. The molecule has 0 amide bonds. The van der Waals surface area contributed by atoms with Crippen LogP contribution in [0.5, 0.6) is 0 Å². The third-order valence-electron chi connectivity index (χ3n) is 12.8. The van der Waals surface area contributed by atoms with E-state index in [0.717, 1.165) is 116 Å². The second-order valence-electron chi connectivity index (χ2n) is 20.1. The third kappa shape index (κ3) is 55.4. The lowest BCUT2D eigenvalue weighted by atomic mass is 10.1. The Hall–Kier alpha value is -3.34. The SMILES string of the molecule is CC/C=C\C/C=C\C/C=C\C/C=C\C/C=C\CCCCCC(=O)OC(COC(=O)CCCCCCCCC/C=C\CCCCCCCC)COP(=O)(O)OCC(CO)OC(=O)CCCCCCC/C=C\CCCCCC. The fraction of sp³-hybridized carbons (Fsp3) is 0.734. The summed E-state index contributed by atoms with van der Waals surface area (Å²) in [5.41, 5.74) is 0. The van der Waals surface area contributed by atoms with E-state index in [-0.39, 0.29) is 25.9 Å². The lowest BCUT2D eigenvalue weighted by Crippen LogP contribution is -2.30. The molecule has 12 heteroatoms. The molecule has 0 fully saturated rings. The van der Waals surface area contributed by atoms with E-state index in [1.54, 1.807) is 0 Å². The highest BCUT2D eigenvalue weighted by Gasteiger charge is 2.28. The molecule has 3 unspecified atom stereocenters. The minimum atomic E-state index is -4.76. The molecule has 0 saturated heterocycles. The van der Waals surface area contributed by atoms with Crippen LogP contribution in [0.15, 0.2) is 85.1 Å². The van der Waals surface area contributed by atoms with Crippen molar-refractivity contribution in [1.82, 2.24) is 0 Å². The molecule has 0 saturated carbocycles. The van der Waals surface area contributed by atoms with Crippen molar-refractivity contribution in [3.63, 3.8) is 0 Å². The maximum Gasteiger partial charge on any atom is 0.472 e. The van der Waals surface area contributed by atoms with Crippen LogP contribution >= 0.6 is 7.82 Å². The van der Waals surface area contributed by atoms with Gasteiger partial charge in [0, 0.05) is 19.3 Å².